The van der Waals surface area contributed by atoms with Crippen LogP contribution >= 0.6 is 0 Å². The van der Waals surface area contributed by atoms with Crippen molar-refractivity contribution in [1.29, 1.82) is 0 Å². The van der Waals surface area contributed by atoms with E-state index >= 15 is 0 Å². The number of hydrogen-bond donors (Lipinski definition) is 1. The molecule has 0 saturated heterocycles. The van der Waals surface area contributed by atoms with Crippen molar-refractivity contribution >= 4 is 5.69 Å². The van der Waals surface area contributed by atoms with Gasteiger partial charge in [0.1, 0.15) is 0 Å². The maximum Gasteiger partial charge on any atom is 0.272 e. The van der Waals surface area contributed by atoms with Crippen molar-refractivity contribution in [3.63, 3.8) is 0 Å². The van der Waals surface area contributed by atoms with Crippen molar-refractivity contribution < 1.29 is 4.92 Å². The molecule has 0 aliphatic heterocycles. The fourth-order valence-corrected chi connectivity index (χ4v) is 3.08. The zero-order chi connectivity index (χ0) is 13.9. The maximum atomic E-state index is 11.0. The van der Waals surface area contributed by atoms with Crippen LogP contribution in [0.1, 0.15) is 44.6 Å². The highest BCUT2D eigenvalue weighted by Crippen LogP contribution is 2.39. The standard InChI is InChI=1S/C15H22N2O2/c1-15(9-5-2-6-10-15)14(16)11-12-7-3-4-8-13(12)17(18)19/h3-4,7-8,14H,2,5-6,9-11,16H2,1H3. The summed E-state index contributed by atoms with van der Waals surface area (Å²) in [5, 5.41) is 11.0. The lowest BCUT2D eigenvalue weighted by Crippen LogP contribution is -2.42. The van der Waals surface area contributed by atoms with Crippen molar-refractivity contribution in [2.24, 2.45) is 11.1 Å². The van der Waals surface area contributed by atoms with E-state index in [0.29, 0.717) is 6.42 Å². The van der Waals surface area contributed by atoms with Gasteiger partial charge in [-0.25, -0.2) is 0 Å². The molecule has 1 aromatic rings. The Morgan fingerprint density at radius 2 is 1.95 bits per heavy atom. The third-order valence-electron chi connectivity index (χ3n) is 4.52. The summed E-state index contributed by atoms with van der Waals surface area (Å²) in [6.07, 6.45) is 6.59. The molecule has 1 saturated carbocycles. The Bertz CT molecular complexity index is 453. The van der Waals surface area contributed by atoms with Crippen molar-refractivity contribution in [3.8, 4) is 0 Å². The second-order valence-corrected chi connectivity index (χ2v) is 5.91. The van der Waals surface area contributed by atoms with Crippen LogP contribution in [0.2, 0.25) is 0 Å². The molecule has 1 fully saturated rings. The van der Waals surface area contributed by atoms with E-state index in [9.17, 15) is 10.1 Å². The fraction of sp³-hybridized carbons (Fsp3) is 0.600. The number of hydrogen-bond acceptors (Lipinski definition) is 3. The summed E-state index contributed by atoms with van der Waals surface area (Å²) in [6, 6.07) is 6.93. The second kappa shape index (κ2) is 5.70. The molecule has 4 nitrogen and oxygen atoms in total. The Hall–Kier alpha value is -1.42. The summed E-state index contributed by atoms with van der Waals surface area (Å²) in [6.45, 7) is 2.23. The zero-order valence-electron chi connectivity index (χ0n) is 11.5. The van der Waals surface area contributed by atoms with Gasteiger partial charge in [0.25, 0.3) is 5.69 Å². The molecule has 1 aliphatic carbocycles. The van der Waals surface area contributed by atoms with E-state index in [2.05, 4.69) is 6.92 Å². The summed E-state index contributed by atoms with van der Waals surface area (Å²) in [5.41, 5.74) is 7.44. The molecule has 104 valence electrons. The predicted molar refractivity (Wildman–Crippen MR) is 76.0 cm³/mol. The molecule has 19 heavy (non-hydrogen) atoms. The van der Waals surface area contributed by atoms with Gasteiger partial charge >= 0.3 is 0 Å². The maximum absolute atomic E-state index is 11.0. The number of nitro benzene ring substituents is 1. The van der Waals surface area contributed by atoms with Crippen molar-refractivity contribution in [2.45, 2.75) is 51.5 Å². The number of para-hydroxylation sites is 1. The Kier molecular flexibility index (Phi) is 4.20. The third-order valence-corrected chi connectivity index (χ3v) is 4.52. The van der Waals surface area contributed by atoms with Crippen LogP contribution in [0.4, 0.5) is 5.69 Å². The average molecular weight is 262 g/mol. The largest absolute Gasteiger partial charge is 0.327 e. The molecule has 0 radical (unpaired) electrons. The van der Waals surface area contributed by atoms with Gasteiger partial charge in [-0.2, -0.15) is 0 Å². The average Bonchev–Trinajstić information content (AvgIpc) is 2.40. The number of benzene rings is 1. The molecule has 4 heteroatoms. The number of nitrogens with two attached hydrogens (primary N) is 1. The molecule has 0 aromatic heterocycles. The van der Waals surface area contributed by atoms with Crippen LogP contribution < -0.4 is 5.73 Å². The highest BCUT2D eigenvalue weighted by molar-refractivity contribution is 5.40. The van der Waals surface area contributed by atoms with Gasteiger partial charge in [0.15, 0.2) is 0 Å². The van der Waals surface area contributed by atoms with Gasteiger partial charge in [0.05, 0.1) is 4.92 Å². The third kappa shape index (κ3) is 3.13. The lowest BCUT2D eigenvalue weighted by atomic mass is 9.69. The topological polar surface area (TPSA) is 69.2 Å². The highest BCUT2D eigenvalue weighted by Gasteiger charge is 2.34. The minimum atomic E-state index is -0.314. The first-order valence-corrected chi connectivity index (χ1v) is 7.01. The first-order chi connectivity index (χ1) is 9.03. The van der Waals surface area contributed by atoms with E-state index in [-0.39, 0.29) is 22.1 Å². The molecular formula is C15H22N2O2. The molecule has 0 amide bonds. The summed E-state index contributed by atoms with van der Waals surface area (Å²) in [4.78, 5) is 10.7. The molecule has 0 bridgehead atoms. The van der Waals surface area contributed by atoms with Gasteiger partial charge in [0, 0.05) is 17.7 Å². The van der Waals surface area contributed by atoms with Crippen molar-refractivity contribution in [2.75, 3.05) is 0 Å². The van der Waals surface area contributed by atoms with E-state index in [0.717, 1.165) is 18.4 Å². The van der Waals surface area contributed by atoms with E-state index in [1.165, 1.54) is 19.3 Å². The van der Waals surface area contributed by atoms with Gasteiger partial charge in [-0.15, -0.1) is 0 Å². The summed E-state index contributed by atoms with van der Waals surface area (Å²) in [7, 11) is 0. The summed E-state index contributed by atoms with van der Waals surface area (Å²) in [5.74, 6) is 0. The fourth-order valence-electron chi connectivity index (χ4n) is 3.08. The Labute approximate surface area is 114 Å². The van der Waals surface area contributed by atoms with Crippen LogP contribution in [0.25, 0.3) is 0 Å². The number of nitro groups is 1. The zero-order valence-corrected chi connectivity index (χ0v) is 11.5. The SMILES string of the molecule is CC1(C(N)Cc2ccccc2[N+](=O)[O-])CCCCC1. The monoisotopic (exact) mass is 262 g/mol. The van der Waals surface area contributed by atoms with Crippen molar-refractivity contribution in [3.05, 3.63) is 39.9 Å². The van der Waals surface area contributed by atoms with Crippen LogP contribution in [0.3, 0.4) is 0 Å². The Balaban J connectivity index is 2.14. The molecule has 0 spiro atoms. The summed E-state index contributed by atoms with van der Waals surface area (Å²) < 4.78 is 0. The van der Waals surface area contributed by atoms with E-state index in [1.54, 1.807) is 12.1 Å². The van der Waals surface area contributed by atoms with Crippen molar-refractivity contribution in [1.82, 2.24) is 0 Å². The quantitative estimate of drug-likeness (QED) is 0.667. The van der Waals surface area contributed by atoms with E-state index < -0.39 is 0 Å². The van der Waals surface area contributed by atoms with E-state index in [1.807, 2.05) is 12.1 Å². The van der Waals surface area contributed by atoms with Gasteiger partial charge in [-0.3, -0.25) is 10.1 Å². The Morgan fingerprint density at radius 1 is 1.32 bits per heavy atom. The van der Waals surface area contributed by atoms with E-state index in [4.69, 9.17) is 5.73 Å². The number of nitrogens with zero attached hydrogens (tertiary/aromatic N) is 1. The molecule has 1 aliphatic rings. The van der Waals surface area contributed by atoms with Crippen LogP contribution in [0.5, 0.6) is 0 Å². The summed E-state index contributed by atoms with van der Waals surface area (Å²) >= 11 is 0. The molecule has 1 unspecified atom stereocenters. The lowest BCUT2D eigenvalue weighted by Gasteiger charge is -2.39. The second-order valence-electron chi connectivity index (χ2n) is 5.91. The number of rotatable bonds is 4. The first-order valence-electron chi connectivity index (χ1n) is 7.01. The first kappa shape index (κ1) is 14.0. The van der Waals surface area contributed by atoms with Gasteiger partial charge in [-0.1, -0.05) is 44.4 Å². The predicted octanol–water partition coefficient (Wildman–Crippen LogP) is 3.44. The highest BCUT2D eigenvalue weighted by atomic mass is 16.6. The smallest absolute Gasteiger partial charge is 0.272 e. The minimum absolute atomic E-state index is 0.00565. The molecule has 2 N–H and O–H groups in total. The molecule has 0 heterocycles. The van der Waals surface area contributed by atoms with Gasteiger partial charge in [0.2, 0.25) is 0 Å². The van der Waals surface area contributed by atoms with Crippen LogP contribution in [-0.2, 0) is 6.42 Å². The van der Waals surface area contributed by atoms with Crippen LogP contribution in [0.15, 0.2) is 24.3 Å². The van der Waals surface area contributed by atoms with Crippen LogP contribution in [-0.4, -0.2) is 11.0 Å². The van der Waals surface area contributed by atoms with Crippen LogP contribution in [0, 0.1) is 15.5 Å². The molecular weight excluding hydrogens is 240 g/mol. The normalized spacial score (nSPS) is 19.9. The molecule has 1 aromatic carbocycles. The van der Waals surface area contributed by atoms with Gasteiger partial charge in [-0.05, 0) is 24.7 Å². The lowest BCUT2D eigenvalue weighted by molar-refractivity contribution is -0.385. The Morgan fingerprint density at radius 3 is 2.58 bits per heavy atom. The molecule has 1 atom stereocenters. The molecule has 2 rings (SSSR count). The van der Waals surface area contributed by atoms with Gasteiger partial charge < -0.3 is 5.73 Å². The minimum Gasteiger partial charge on any atom is -0.327 e.